The van der Waals surface area contributed by atoms with Gasteiger partial charge in [-0.1, -0.05) is 24.3 Å². The molecule has 0 N–H and O–H groups in total. The number of rotatable bonds is 4. The molecule has 0 saturated carbocycles. The normalized spacial score (nSPS) is 15.5. The Bertz CT molecular complexity index is 831. The van der Waals surface area contributed by atoms with Crippen molar-refractivity contribution >= 4 is 11.9 Å². The Balaban J connectivity index is 1.77. The smallest absolute Gasteiger partial charge is 0.185 e. The second-order valence-corrected chi connectivity index (χ2v) is 7.11. The van der Waals surface area contributed by atoms with Crippen molar-refractivity contribution in [3.8, 4) is 11.5 Å². The molecule has 2 aromatic carbocycles. The average Bonchev–Trinajstić information content (AvgIpc) is 2.59. The molecule has 0 saturated heterocycles. The summed E-state index contributed by atoms with van der Waals surface area (Å²) in [6.45, 7) is 6.18. The van der Waals surface area contributed by atoms with Crippen LogP contribution in [0.2, 0.25) is 0 Å². The summed E-state index contributed by atoms with van der Waals surface area (Å²) in [5.74, 6) is 1.64. The predicted octanol–water partition coefficient (Wildman–Crippen LogP) is 5.00. The number of fused-ring (bicyclic) bond motifs is 1. The van der Waals surface area contributed by atoms with E-state index in [0.29, 0.717) is 5.56 Å². The van der Waals surface area contributed by atoms with Crippen molar-refractivity contribution in [2.75, 3.05) is 7.11 Å². The lowest BCUT2D eigenvalue weighted by Gasteiger charge is -2.32. The van der Waals surface area contributed by atoms with Gasteiger partial charge in [-0.3, -0.25) is 4.79 Å². The van der Waals surface area contributed by atoms with Crippen molar-refractivity contribution in [3.63, 3.8) is 0 Å². The summed E-state index contributed by atoms with van der Waals surface area (Å²) < 4.78 is 11.3. The highest BCUT2D eigenvalue weighted by Crippen LogP contribution is 2.33. The van der Waals surface area contributed by atoms with Gasteiger partial charge in [-0.25, -0.2) is 0 Å². The van der Waals surface area contributed by atoms with Crippen molar-refractivity contribution in [2.24, 2.45) is 0 Å². The van der Waals surface area contributed by atoms with E-state index in [1.165, 1.54) is 5.56 Å². The van der Waals surface area contributed by atoms with Crippen LogP contribution in [0.4, 0.5) is 0 Å². The molecular formula is C22H24O3. The van der Waals surface area contributed by atoms with Crippen LogP contribution in [0.15, 0.2) is 42.5 Å². The van der Waals surface area contributed by atoms with E-state index in [-0.39, 0.29) is 11.4 Å². The lowest BCUT2D eigenvalue weighted by molar-refractivity contribution is 0.0847. The van der Waals surface area contributed by atoms with Crippen LogP contribution >= 0.6 is 0 Å². The molecule has 0 atom stereocenters. The van der Waals surface area contributed by atoms with Gasteiger partial charge in [0.25, 0.3) is 0 Å². The number of ketones is 1. The zero-order valence-electron chi connectivity index (χ0n) is 15.3. The fourth-order valence-corrected chi connectivity index (χ4v) is 3.02. The van der Waals surface area contributed by atoms with E-state index in [9.17, 15) is 4.79 Å². The molecule has 3 heteroatoms. The molecule has 25 heavy (non-hydrogen) atoms. The monoisotopic (exact) mass is 336 g/mol. The number of methoxy groups -OCH3 is 1. The number of benzene rings is 2. The number of aryl methyl sites for hydroxylation is 2. The number of hydrogen-bond acceptors (Lipinski definition) is 3. The van der Waals surface area contributed by atoms with Crippen molar-refractivity contribution in [1.29, 1.82) is 0 Å². The first kappa shape index (κ1) is 17.3. The summed E-state index contributed by atoms with van der Waals surface area (Å²) in [6.07, 6.45) is 5.45. The van der Waals surface area contributed by atoms with E-state index in [4.69, 9.17) is 9.47 Å². The first-order chi connectivity index (χ1) is 11.9. The zero-order chi connectivity index (χ0) is 18.0. The number of carbonyl (C=O) groups excluding carboxylic acids is 1. The molecule has 0 unspecified atom stereocenters. The van der Waals surface area contributed by atoms with Gasteiger partial charge in [-0.2, -0.15) is 0 Å². The van der Waals surface area contributed by atoms with Gasteiger partial charge in [-0.15, -0.1) is 0 Å². The average molecular weight is 336 g/mol. The third kappa shape index (κ3) is 3.93. The Hall–Kier alpha value is -2.55. The summed E-state index contributed by atoms with van der Waals surface area (Å²) in [4.78, 5) is 12.4. The zero-order valence-corrected chi connectivity index (χ0v) is 15.3. The molecule has 0 spiro atoms. The number of carbonyl (C=O) groups is 1. The predicted molar refractivity (Wildman–Crippen MR) is 101 cm³/mol. The van der Waals surface area contributed by atoms with Crippen LogP contribution in [-0.4, -0.2) is 18.5 Å². The molecule has 0 fully saturated rings. The fourth-order valence-electron chi connectivity index (χ4n) is 3.02. The van der Waals surface area contributed by atoms with Gasteiger partial charge < -0.3 is 9.47 Å². The van der Waals surface area contributed by atoms with E-state index < -0.39 is 0 Å². The molecule has 0 aromatic heterocycles. The van der Waals surface area contributed by atoms with Gasteiger partial charge in [0.05, 0.1) is 7.11 Å². The van der Waals surface area contributed by atoms with E-state index in [1.807, 2.05) is 37.3 Å². The molecular weight excluding hydrogens is 312 g/mol. The van der Waals surface area contributed by atoms with Crippen LogP contribution in [0, 0.1) is 6.92 Å². The van der Waals surface area contributed by atoms with Crippen LogP contribution < -0.4 is 9.47 Å². The Morgan fingerprint density at radius 2 is 2.00 bits per heavy atom. The molecule has 1 heterocycles. The summed E-state index contributed by atoms with van der Waals surface area (Å²) in [7, 11) is 1.61. The minimum atomic E-state index is -0.106. The van der Waals surface area contributed by atoms with Gasteiger partial charge in [0.15, 0.2) is 5.78 Å². The van der Waals surface area contributed by atoms with E-state index in [1.54, 1.807) is 19.3 Å². The highest BCUT2D eigenvalue weighted by molar-refractivity contribution is 6.07. The van der Waals surface area contributed by atoms with Crippen LogP contribution in [0.25, 0.3) is 6.08 Å². The lowest BCUT2D eigenvalue weighted by Crippen LogP contribution is -2.32. The summed E-state index contributed by atoms with van der Waals surface area (Å²) in [5.41, 5.74) is 3.74. The molecule has 1 aliphatic rings. The summed E-state index contributed by atoms with van der Waals surface area (Å²) >= 11 is 0. The van der Waals surface area contributed by atoms with Gasteiger partial charge in [-0.05, 0) is 74.6 Å². The highest BCUT2D eigenvalue weighted by Gasteiger charge is 2.26. The molecule has 0 aliphatic carbocycles. The maximum Gasteiger partial charge on any atom is 0.185 e. The van der Waals surface area contributed by atoms with Gasteiger partial charge >= 0.3 is 0 Å². The highest BCUT2D eigenvalue weighted by atomic mass is 16.5. The summed E-state index contributed by atoms with van der Waals surface area (Å²) in [5, 5.41) is 0. The van der Waals surface area contributed by atoms with Gasteiger partial charge in [0.1, 0.15) is 17.1 Å². The first-order valence-electron chi connectivity index (χ1n) is 8.57. The maximum atomic E-state index is 12.4. The van der Waals surface area contributed by atoms with E-state index in [0.717, 1.165) is 35.5 Å². The van der Waals surface area contributed by atoms with Crippen LogP contribution in [0.1, 0.15) is 47.3 Å². The van der Waals surface area contributed by atoms with Crippen molar-refractivity contribution < 1.29 is 14.3 Å². The molecule has 3 rings (SSSR count). The number of ether oxygens (including phenoxy) is 2. The standard InChI is InChI=1S/C22H24O3/c1-15-5-8-17(14-21(15)24-4)19(23)9-6-16-7-10-20-18(13-16)11-12-22(2,3)25-20/h5-10,13-14H,11-12H2,1-4H3/b9-6+. The number of allylic oxidation sites excluding steroid dienone is 1. The Kier molecular flexibility index (Phi) is 4.67. The third-order valence-corrected chi connectivity index (χ3v) is 4.59. The van der Waals surface area contributed by atoms with Gasteiger partial charge in [0.2, 0.25) is 0 Å². The summed E-state index contributed by atoms with van der Waals surface area (Å²) in [6, 6.07) is 11.6. The minimum Gasteiger partial charge on any atom is -0.496 e. The Morgan fingerprint density at radius 3 is 2.76 bits per heavy atom. The quantitative estimate of drug-likeness (QED) is 0.582. The minimum absolute atomic E-state index is 0.0339. The van der Waals surface area contributed by atoms with E-state index >= 15 is 0 Å². The molecule has 3 nitrogen and oxygen atoms in total. The topological polar surface area (TPSA) is 35.5 Å². The second kappa shape index (κ2) is 6.75. The second-order valence-electron chi connectivity index (χ2n) is 7.11. The van der Waals surface area contributed by atoms with Crippen LogP contribution in [0.3, 0.4) is 0 Å². The Labute approximate surface area is 149 Å². The lowest BCUT2D eigenvalue weighted by atomic mass is 9.93. The molecule has 0 bridgehead atoms. The molecule has 130 valence electrons. The third-order valence-electron chi connectivity index (χ3n) is 4.59. The molecule has 2 aromatic rings. The first-order valence-corrected chi connectivity index (χ1v) is 8.57. The SMILES string of the molecule is COc1cc(C(=O)/C=C/c2ccc3c(c2)CCC(C)(C)O3)ccc1C. The van der Waals surface area contributed by atoms with Crippen molar-refractivity contribution in [3.05, 3.63) is 64.7 Å². The van der Waals surface area contributed by atoms with Crippen LogP contribution in [-0.2, 0) is 6.42 Å². The molecule has 0 amide bonds. The Morgan fingerprint density at radius 1 is 1.20 bits per heavy atom. The van der Waals surface area contributed by atoms with Crippen molar-refractivity contribution in [2.45, 2.75) is 39.2 Å². The van der Waals surface area contributed by atoms with Crippen molar-refractivity contribution in [1.82, 2.24) is 0 Å². The maximum absolute atomic E-state index is 12.4. The van der Waals surface area contributed by atoms with E-state index in [2.05, 4.69) is 19.9 Å². The van der Waals surface area contributed by atoms with Crippen LogP contribution in [0.5, 0.6) is 11.5 Å². The number of hydrogen-bond donors (Lipinski definition) is 0. The fraction of sp³-hybridized carbons (Fsp3) is 0.318. The molecule has 0 radical (unpaired) electrons. The molecule has 1 aliphatic heterocycles. The van der Waals surface area contributed by atoms with Gasteiger partial charge in [0, 0.05) is 5.56 Å². The largest absolute Gasteiger partial charge is 0.496 e.